The second-order valence-corrected chi connectivity index (χ2v) is 4.99. The molecular formula is C12H14F2N4O2S. The number of hydrogen-bond acceptors (Lipinski definition) is 6. The number of thioether (sulfide) groups is 1. The van der Waals surface area contributed by atoms with Crippen molar-refractivity contribution in [3.8, 4) is 11.5 Å². The van der Waals surface area contributed by atoms with Crippen LogP contribution in [-0.2, 0) is 5.75 Å². The molecule has 0 amide bonds. The van der Waals surface area contributed by atoms with Gasteiger partial charge in [-0.2, -0.15) is 8.78 Å². The lowest BCUT2D eigenvalue weighted by Gasteiger charge is -2.11. The Morgan fingerprint density at radius 1 is 1.33 bits per heavy atom. The minimum atomic E-state index is -2.89. The number of ether oxygens (including phenoxy) is 2. The number of aromatic nitrogens is 3. The molecule has 0 radical (unpaired) electrons. The molecule has 21 heavy (non-hydrogen) atoms. The van der Waals surface area contributed by atoms with E-state index in [0.717, 1.165) is 5.56 Å². The number of methoxy groups -OCH3 is 1. The molecule has 0 aliphatic rings. The Hall–Kier alpha value is -2.03. The number of aryl methyl sites for hydroxylation is 1. The molecule has 0 atom stereocenters. The van der Waals surface area contributed by atoms with Crippen molar-refractivity contribution < 1.29 is 18.3 Å². The molecule has 9 heteroatoms. The summed E-state index contributed by atoms with van der Waals surface area (Å²) in [5.74, 6) is 7.14. The lowest BCUT2D eigenvalue weighted by Crippen LogP contribution is -2.11. The number of benzene rings is 1. The normalized spacial score (nSPS) is 10.9. The molecule has 1 aromatic carbocycles. The highest BCUT2D eigenvalue weighted by Gasteiger charge is 2.12. The van der Waals surface area contributed by atoms with Crippen LogP contribution >= 0.6 is 11.8 Å². The van der Waals surface area contributed by atoms with Crippen molar-refractivity contribution in [2.75, 3.05) is 13.0 Å². The smallest absolute Gasteiger partial charge is 0.387 e. The van der Waals surface area contributed by atoms with Gasteiger partial charge in [-0.25, -0.2) is 4.68 Å². The molecule has 0 bridgehead atoms. The quantitative estimate of drug-likeness (QED) is 0.650. The molecule has 0 aliphatic carbocycles. The Morgan fingerprint density at radius 3 is 2.67 bits per heavy atom. The van der Waals surface area contributed by atoms with Gasteiger partial charge in [0.15, 0.2) is 11.5 Å². The molecule has 0 unspecified atom stereocenters. The van der Waals surface area contributed by atoms with Crippen molar-refractivity contribution in [1.29, 1.82) is 0 Å². The molecule has 6 nitrogen and oxygen atoms in total. The second kappa shape index (κ2) is 6.61. The summed E-state index contributed by atoms with van der Waals surface area (Å²) in [6.07, 6.45) is 0. The van der Waals surface area contributed by atoms with Gasteiger partial charge in [-0.05, 0) is 24.6 Å². The van der Waals surface area contributed by atoms with Crippen molar-refractivity contribution in [3.05, 3.63) is 29.6 Å². The number of nitrogen functional groups attached to an aromatic ring is 1. The molecule has 0 aliphatic heterocycles. The van der Waals surface area contributed by atoms with E-state index in [4.69, 9.17) is 10.6 Å². The number of nitrogens with two attached hydrogens (primary N) is 1. The van der Waals surface area contributed by atoms with Crippen molar-refractivity contribution in [2.24, 2.45) is 0 Å². The van der Waals surface area contributed by atoms with Gasteiger partial charge in [0.25, 0.3) is 0 Å². The van der Waals surface area contributed by atoms with E-state index in [1.165, 1.54) is 29.6 Å². The van der Waals surface area contributed by atoms with Gasteiger partial charge in [0.05, 0.1) is 7.11 Å². The fourth-order valence-corrected chi connectivity index (χ4v) is 2.44. The van der Waals surface area contributed by atoms with E-state index in [1.807, 2.05) is 0 Å². The van der Waals surface area contributed by atoms with Crippen LogP contribution in [0.25, 0.3) is 0 Å². The number of hydrogen-bond donors (Lipinski definition) is 1. The van der Waals surface area contributed by atoms with Gasteiger partial charge in [0.2, 0.25) is 5.16 Å². The number of halogens is 2. The summed E-state index contributed by atoms with van der Waals surface area (Å²) in [5, 5.41) is 8.34. The molecule has 0 saturated heterocycles. The first-order valence-corrected chi connectivity index (χ1v) is 6.91. The zero-order valence-corrected chi connectivity index (χ0v) is 12.2. The highest BCUT2D eigenvalue weighted by molar-refractivity contribution is 7.98. The summed E-state index contributed by atoms with van der Waals surface area (Å²) in [4.78, 5) is 0. The number of nitrogens with zero attached hydrogens (tertiary/aromatic N) is 3. The van der Waals surface area contributed by atoms with E-state index in [1.54, 1.807) is 19.1 Å². The Bertz CT molecular complexity index is 621. The largest absolute Gasteiger partial charge is 0.493 e. The molecule has 1 aromatic heterocycles. The topological polar surface area (TPSA) is 75.2 Å². The average molecular weight is 316 g/mol. The predicted molar refractivity (Wildman–Crippen MR) is 74.1 cm³/mol. The van der Waals surface area contributed by atoms with Gasteiger partial charge in [0, 0.05) is 5.75 Å². The summed E-state index contributed by atoms with van der Waals surface area (Å²) in [6.45, 7) is -1.14. The second-order valence-electron chi connectivity index (χ2n) is 4.05. The SMILES string of the molecule is COc1cc(CSc2nnc(C)n2N)ccc1OC(F)F. The minimum absolute atomic E-state index is 0.000846. The van der Waals surface area contributed by atoms with Crippen LogP contribution in [0.2, 0.25) is 0 Å². The first kappa shape index (κ1) is 15.4. The molecule has 114 valence electrons. The summed E-state index contributed by atoms with van der Waals surface area (Å²) in [6, 6.07) is 4.76. The highest BCUT2D eigenvalue weighted by atomic mass is 32.2. The lowest BCUT2D eigenvalue weighted by molar-refractivity contribution is -0.0512. The summed E-state index contributed by atoms with van der Waals surface area (Å²) in [7, 11) is 1.39. The average Bonchev–Trinajstić information content (AvgIpc) is 2.77. The summed E-state index contributed by atoms with van der Waals surface area (Å²) < 4.78 is 35.3. The fraction of sp³-hybridized carbons (Fsp3) is 0.333. The Balaban J connectivity index is 2.08. The minimum Gasteiger partial charge on any atom is -0.493 e. The molecular weight excluding hydrogens is 302 g/mol. The van der Waals surface area contributed by atoms with Crippen molar-refractivity contribution in [3.63, 3.8) is 0 Å². The van der Waals surface area contributed by atoms with Gasteiger partial charge in [-0.1, -0.05) is 17.8 Å². The maximum Gasteiger partial charge on any atom is 0.387 e. The fourth-order valence-electron chi connectivity index (χ4n) is 1.59. The number of alkyl halides is 2. The van der Waals surface area contributed by atoms with Crippen LogP contribution in [0, 0.1) is 6.92 Å². The van der Waals surface area contributed by atoms with Crippen LogP contribution in [0.4, 0.5) is 8.78 Å². The van der Waals surface area contributed by atoms with Gasteiger partial charge in [-0.3, -0.25) is 0 Å². The third-order valence-electron chi connectivity index (χ3n) is 2.65. The summed E-state index contributed by atoms with van der Waals surface area (Å²) in [5.41, 5.74) is 0.860. The molecule has 2 aromatic rings. The standard InChI is InChI=1S/C12H14F2N4O2S/c1-7-16-17-12(18(7)15)21-6-8-3-4-9(20-11(13)14)10(5-8)19-2/h3-5,11H,6,15H2,1-2H3. The van der Waals surface area contributed by atoms with Crippen molar-refractivity contribution in [1.82, 2.24) is 14.9 Å². The van der Waals surface area contributed by atoms with Crippen LogP contribution in [-0.4, -0.2) is 28.6 Å². The van der Waals surface area contributed by atoms with E-state index in [-0.39, 0.29) is 11.5 Å². The van der Waals surface area contributed by atoms with Crippen molar-refractivity contribution in [2.45, 2.75) is 24.4 Å². The first-order valence-electron chi connectivity index (χ1n) is 5.93. The molecule has 0 fully saturated rings. The van der Waals surface area contributed by atoms with E-state index >= 15 is 0 Å². The van der Waals surface area contributed by atoms with Crippen molar-refractivity contribution >= 4 is 11.8 Å². The van der Waals surface area contributed by atoms with Gasteiger partial charge >= 0.3 is 6.61 Å². The van der Waals surface area contributed by atoms with Crippen LogP contribution in [0.5, 0.6) is 11.5 Å². The first-order chi connectivity index (χ1) is 10.0. The highest BCUT2D eigenvalue weighted by Crippen LogP contribution is 2.31. The molecule has 0 saturated carbocycles. The molecule has 1 heterocycles. The molecule has 0 spiro atoms. The molecule has 2 N–H and O–H groups in total. The zero-order valence-electron chi connectivity index (χ0n) is 11.4. The van der Waals surface area contributed by atoms with Gasteiger partial charge in [0.1, 0.15) is 5.82 Å². The van der Waals surface area contributed by atoms with E-state index in [0.29, 0.717) is 16.7 Å². The lowest BCUT2D eigenvalue weighted by atomic mass is 10.2. The maximum absolute atomic E-state index is 12.2. The third kappa shape index (κ3) is 3.75. The Morgan fingerprint density at radius 2 is 2.10 bits per heavy atom. The zero-order chi connectivity index (χ0) is 15.4. The van der Waals surface area contributed by atoms with Crippen LogP contribution in [0.3, 0.4) is 0 Å². The van der Waals surface area contributed by atoms with Gasteiger partial charge in [-0.15, -0.1) is 10.2 Å². The van der Waals surface area contributed by atoms with E-state index in [2.05, 4.69) is 14.9 Å². The monoisotopic (exact) mass is 316 g/mol. The van der Waals surface area contributed by atoms with E-state index in [9.17, 15) is 8.78 Å². The van der Waals surface area contributed by atoms with Crippen LogP contribution < -0.4 is 15.3 Å². The van der Waals surface area contributed by atoms with E-state index < -0.39 is 6.61 Å². The molecule has 2 rings (SSSR count). The number of rotatable bonds is 6. The van der Waals surface area contributed by atoms with Crippen LogP contribution in [0.15, 0.2) is 23.4 Å². The third-order valence-corrected chi connectivity index (χ3v) is 3.66. The van der Waals surface area contributed by atoms with Crippen LogP contribution in [0.1, 0.15) is 11.4 Å². The summed E-state index contributed by atoms with van der Waals surface area (Å²) >= 11 is 1.38. The Labute approximate surface area is 124 Å². The maximum atomic E-state index is 12.2. The Kier molecular flexibility index (Phi) is 4.84. The van der Waals surface area contributed by atoms with Gasteiger partial charge < -0.3 is 15.3 Å². The predicted octanol–water partition coefficient (Wildman–Crippen LogP) is 2.20.